The van der Waals surface area contributed by atoms with Gasteiger partial charge < -0.3 is 15.3 Å². The van der Waals surface area contributed by atoms with Crippen molar-refractivity contribution >= 4 is 0 Å². The predicted molar refractivity (Wildman–Crippen MR) is 92.9 cm³/mol. The van der Waals surface area contributed by atoms with Crippen LogP contribution in [0.3, 0.4) is 0 Å². The number of aliphatic hydroxyl groups is 3. The average Bonchev–Trinajstić information content (AvgIpc) is 2.86. The molecular weight excluding hydrogens is 319 g/mol. The molecule has 3 unspecified atom stereocenters. The minimum Gasteiger partial charge on any atom is -0.392 e. The van der Waals surface area contributed by atoms with Gasteiger partial charge in [-0.1, -0.05) is 19.8 Å². The number of fused-ring (bicyclic) bond motifs is 5. The first-order valence-electron chi connectivity index (χ1n) is 9.63. The smallest absolute Gasteiger partial charge is 0.130 e. The van der Waals surface area contributed by atoms with Gasteiger partial charge in [0, 0.05) is 5.41 Å². The van der Waals surface area contributed by atoms with E-state index in [0.717, 1.165) is 25.7 Å². The van der Waals surface area contributed by atoms with E-state index in [2.05, 4.69) is 19.8 Å². The minimum absolute atomic E-state index is 0.0397. The van der Waals surface area contributed by atoms with Crippen molar-refractivity contribution in [2.75, 3.05) is 0 Å². The Morgan fingerprint density at radius 3 is 2.44 bits per heavy atom. The Labute approximate surface area is 149 Å². The summed E-state index contributed by atoms with van der Waals surface area (Å²) in [7, 11) is 0. The molecule has 0 saturated heterocycles. The van der Waals surface area contributed by atoms with E-state index < -0.39 is 23.6 Å². The largest absolute Gasteiger partial charge is 0.392 e. The summed E-state index contributed by atoms with van der Waals surface area (Å²) in [5, 5.41) is 31.9. The number of rotatable bonds is 0. The predicted octanol–water partition coefficient (Wildman–Crippen LogP) is 2.94. The fourth-order valence-electron chi connectivity index (χ4n) is 7.00. The number of aliphatic hydroxyl groups excluding tert-OH is 2. The van der Waals surface area contributed by atoms with Crippen molar-refractivity contribution in [3.63, 3.8) is 0 Å². The second-order valence-corrected chi connectivity index (χ2v) is 9.36. The zero-order valence-electron chi connectivity index (χ0n) is 15.1. The van der Waals surface area contributed by atoms with Crippen LogP contribution >= 0.6 is 0 Å². The fourth-order valence-corrected chi connectivity index (χ4v) is 7.00. The van der Waals surface area contributed by atoms with E-state index in [1.807, 2.05) is 0 Å². The van der Waals surface area contributed by atoms with Gasteiger partial charge in [0.2, 0.25) is 0 Å². The number of hydrogen-bond acceptors (Lipinski definition) is 3. The lowest BCUT2D eigenvalue weighted by atomic mass is 9.45. The van der Waals surface area contributed by atoms with Gasteiger partial charge in [0.15, 0.2) is 0 Å². The van der Waals surface area contributed by atoms with Crippen molar-refractivity contribution in [3.05, 3.63) is 11.4 Å². The maximum Gasteiger partial charge on any atom is 0.130 e. The van der Waals surface area contributed by atoms with Gasteiger partial charge in [-0.3, -0.25) is 0 Å². The average molecular weight is 348 g/mol. The highest BCUT2D eigenvalue weighted by Gasteiger charge is 2.65. The van der Waals surface area contributed by atoms with Gasteiger partial charge in [-0.25, -0.2) is 4.39 Å². The van der Waals surface area contributed by atoms with Crippen molar-refractivity contribution < 1.29 is 19.7 Å². The number of terminal acetylenes is 1. The molecule has 4 aliphatic rings. The molecule has 0 bridgehead atoms. The first-order chi connectivity index (χ1) is 11.7. The first kappa shape index (κ1) is 17.5. The molecule has 8 atom stereocenters. The Bertz CT molecular complexity index is 667. The van der Waals surface area contributed by atoms with Crippen LogP contribution in [0.4, 0.5) is 4.39 Å². The zero-order chi connectivity index (χ0) is 18.2. The fraction of sp³-hybridized carbons (Fsp3) is 0.810. The Morgan fingerprint density at radius 1 is 1.08 bits per heavy atom. The topological polar surface area (TPSA) is 60.7 Å². The van der Waals surface area contributed by atoms with Crippen molar-refractivity contribution in [2.24, 2.45) is 28.6 Å². The van der Waals surface area contributed by atoms with Crippen LogP contribution in [0.2, 0.25) is 0 Å². The van der Waals surface area contributed by atoms with E-state index in [0.29, 0.717) is 24.8 Å². The summed E-state index contributed by atoms with van der Waals surface area (Å²) in [6.07, 6.45) is 8.56. The molecule has 0 spiro atoms. The molecule has 25 heavy (non-hydrogen) atoms. The Hall–Kier alpha value is -0.890. The summed E-state index contributed by atoms with van der Waals surface area (Å²) < 4.78 is 14.7. The number of hydrogen-bond donors (Lipinski definition) is 3. The van der Waals surface area contributed by atoms with Gasteiger partial charge in [0.25, 0.3) is 0 Å². The highest BCUT2D eigenvalue weighted by molar-refractivity contribution is 5.32. The summed E-state index contributed by atoms with van der Waals surface area (Å²) in [5.74, 6) is 2.61. The summed E-state index contributed by atoms with van der Waals surface area (Å²) in [5.41, 5.74) is -1.15. The maximum absolute atomic E-state index is 14.7. The van der Waals surface area contributed by atoms with E-state index in [9.17, 15) is 19.7 Å². The molecule has 0 aromatic heterocycles. The summed E-state index contributed by atoms with van der Waals surface area (Å²) in [6.45, 7) is 4.19. The normalized spacial score (nSPS) is 55.2. The van der Waals surface area contributed by atoms with Gasteiger partial charge >= 0.3 is 0 Å². The molecule has 0 aliphatic heterocycles. The highest BCUT2D eigenvalue weighted by Crippen LogP contribution is 2.67. The second-order valence-electron chi connectivity index (χ2n) is 9.36. The minimum atomic E-state index is -1.10. The van der Waals surface area contributed by atoms with Gasteiger partial charge in [0.05, 0.1) is 6.10 Å². The molecular formula is C21H29FO3. The third-order valence-corrected chi connectivity index (χ3v) is 8.61. The van der Waals surface area contributed by atoms with Crippen molar-refractivity contribution in [3.8, 4) is 12.3 Å². The lowest BCUT2D eigenvalue weighted by Crippen LogP contribution is -2.58. The highest BCUT2D eigenvalue weighted by atomic mass is 19.1. The first-order valence-corrected chi connectivity index (χ1v) is 9.63. The van der Waals surface area contributed by atoms with E-state index in [4.69, 9.17) is 6.42 Å². The van der Waals surface area contributed by atoms with Gasteiger partial charge in [-0.05, 0) is 73.7 Å². The standard InChI is InChI=1S/C21H29FO3/c1-4-21(25)10-6-13-17-12(5-9-20(13,21)3)19(2)8-7-15(23)18(22)14(19)11-16(17)24/h1,12-13,15-17,23-25H,5-11H2,2-3H3/t12-,13+,15?,16?,17-,19-,20+,21?/m1/s1. The molecule has 0 heterocycles. The quantitative estimate of drug-likeness (QED) is 0.590. The molecule has 0 aromatic carbocycles. The van der Waals surface area contributed by atoms with E-state index in [1.54, 1.807) is 0 Å². The van der Waals surface area contributed by atoms with E-state index >= 15 is 0 Å². The van der Waals surface area contributed by atoms with Gasteiger partial charge in [-0.15, -0.1) is 6.42 Å². The molecule has 0 amide bonds. The van der Waals surface area contributed by atoms with Crippen LogP contribution in [0.25, 0.3) is 0 Å². The SMILES string of the molecule is C#CC1(O)CC[C@H]2[C@@H]3C(O)CC4=C(F)C(O)CC[C@]4(C)[C@@H]3CC[C@@]21C. The van der Waals surface area contributed by atoms with Crippen LogP contribution in [0, 0.1) is 40.9 Å². The third kappa shape index (κ3) is 2.04. The monoisotopic (exact) mass is 348 g/mol. The van der Waals surface area contributed by atoms with E-state index in [1.165, 1.54) is 0 Å². The molecule has 0 radical (unpaired) electrons. The molecule has 4 heteroatoms. The Balaban J connectivity index is 1.76. The van der Waals surface area contributed by atoms with Crippen molar-refractivity contribution in [1.29, 1.82) is 0 Å². The summed E-state index contributed by atoms with van der Waals surface area (Å²) >= 11 is 0. The molecule has 138 valence electrons. The third-order valence-electron chi connectivity index (χ3n) is 8.61. The van der Waals surface area contributed by atoms with Crippen LogP contribution in [0.1, 0.15) is 58.8 Å². The van der Waals surface area contributed by atoms with Crippen LogP contribution < -0.4 is 0 Å². The van der Waals surface area contributed by atoms with Crippen LogP contribution in [-0.4, -0.2) is 33.1 Å². The molecule has 3 N–H and O–H groups in total. The molecule has 4 rings (SSSR count). The zero-order valence-corrected chi connectivity index (χ0v) is 15.1. The summed E-state index contributed by atoms with van der Waals surface area (Å²) in [6, 6.07) is 0. The lowest BCUT2D eigenvalue weighted by Gasteiger charge is -2.60. The summed E-state index contributed by atoms with van der Waals surface area (Å²) in [4.78, 5) is 0. The maximum atomic E-state index is 14.7. The lowest BCUT2D eigenvalue weighted by molar-refractivity contribution is -0.138. The molecule has 0 aromatic rings. The molecule has 3 saturated carbocycles. The van der Waals surface area contributed by atoms with Crippen molar-refractivity contribution in [1.82, 2.24) is 0 Å². The molecule has 4 aliphatic carbocycles. The molecule has 3 fully saturated rings. The van der Waals surface area contributed by atoms with Crippen LogP contribution in [-0.2, 0) is 0 Å². The molecule has 3 nitrogen and oxygen atoms in total. The number of halogens is 1. The van der Waals surface area contributed by atoms with E-state index in [-0.39, 0.29) is 28.6 Å². The van der Waals surface area contributed by atoms with Gasteiger partial charge in [-0.2, -0.15) is 0 Å². The Morgan fingerprint density at radius 2 is 1.76 bits per heavy atom. The van der Waals surface area contributed by atoms with Gasteiger partial charge in [0.1, 0.15) is 17.5 Å². The van der Waals surface area contributed by atoms with Crippen molar-refractivity contribution in [2.45, 2.75) is 76.6 Å². The Kier molecular flexibility index (Phi) is 3.72. The van der Waals surface area contributed by atoms with Crippen LogP contribution in [0.15, 0.2) is 11.4 Å². The second kappa shape index (κ2) is 5.31. The van der Waals surface area contributed by atoms with Crippen LogP contribution in [0.5, 0.6) is 0 Å².